The van der Waals surface area contributed by atoms with Gasteiger partial charge in [-0.15, -0.1) is 0 Å². The molecule has 1 aromatic rings. The van der Waals surface area contributed by atoms with Gasteiger partial charge in [-0.1, -0.05) is 23.2 Å². The van der Waals surface area contributed by atoms with E-state index < -0.39 is 20.9 Å². The predicted octanol–water partition coefficient (Wildman–Crippen LogP) is 2.55. The van der Waals surface area contributed by atoms with Gasteiger partial charge in [0, 0.05) is 12.6 Å². The van der Waals surface area contributed by atoms with E-state index in [2.05, 4.69) is 10.0 Å². The molecule has 0 aromatic heterocycles. The van der Waals surface area contributed by atoms with Crippen LogP contribution in [0.25, 0.3) is 0 Å². The van der Waals surface area contributed by atoms with Gasteiger partial charge >= 0.3 is 0 Å². The molecule has 0 atom stereocenters. The van der Waals surface area contributed by atoms with Crippen LogP contribution in [0.15, 0.2) is 17.0 Å². The van der Waals surface area contributed by atoms with Gasteiger partial charge in [0.1, 0.15) is 4.90 Å². The van der Waals surface area contributed by atoms with E-state index in [9.17, 15) is 12.8 Å². The largest absolute Gasteiger partial charge is 0.314 e. The molecule has 0 radical (unpaired) electrons. The maximum absolute atomic E-state index is 13.5. The number of rotatable bonds is 7. The zero-order valence-corrected chi connectivity index (χ0v) is 13.0. The summed E-state index contributed by atoms with van der Waals surface area (Å²) in [6.07, 6.45) is 3.03. The van der Waals surface area contributed by atoms with Gasteiger partial charge < -0.3 is 5.32 Å². The van der Waals surface area contributed by atoms with E-state index in [1.54, 1.807) is 0 Å². The van der Waals surface area contributed by atoms with Crippen LogP contribution in [0.1, 0.15) is 19.3 Å². The van der Waals surface area contributed by atoms with Gasteiger partial charge in [0.2, 0.25) is 10.0 Å². The zero-order chi connectivity index (χ0) is 14.8. The molecule has 0 bridgehead atoms. The van der Waals surface area contributed by atoms with Gasteiger partial charge in [-0.25, -0.2) is 17.5 Å². The maximum Gasteiger partial charge on any atom is 0.242 e. The highest BCUT2D eigenvalue weighted by Gasteiger charge is 2.22. The molecule has 0 spiro atoms. The topological polar surface area (TPSA) is 58.2 Å². The van der Waals surface area contributed by atoms with Crippen molar-refractivity contribution in [2.24, 2.45) is 0 Å². The van der Waals surface area contributed by atoms with Gasteiger partial charge in [-0.2, -0.15) is 0 Å². The molecule has 0 aliphatic heterocycles. The van der Waals surface area contributed by atoms with E-state index >= 15 is 0 Å². The summed E-state index contributed by atoms with van der Waals surface area (Å²) < 4.78 is 39.9. The van der Waals surface area contributed by atoms with E-state index in [1.807, 2.05) is 0 Å². The van der Waals surface area contributed by atoms with Crippen molar-refractivity contribution in [2.45, 2.75) is 30.2 Å². The van der Waals surface area contributed by atoms with Crippen molar-refractivity contribution in [3.63, 3.8) is 0 Å². The second kappa shape index (κ2) is 6.58. The first-order valence-electron chi connectivity index (χ1n) is 6.28. The van der Waals surface area contributed by atoms with Crippen LogP contribution in [0.5, 0.6) is 0 Å². The molecule has 2 N–H and O–H groups in total. The first-order valence-corrected chi connectivity index (χ1v) is 8.52. The summed E-state index contributed by atoms with van der Waals surface area (Å²) in [6, 6.07) is 2.95. The average Bonchev–Trinajstić information content (AvgIpc) is 3.19. The highest BCUT2D eigenvalue weighted by atomic mass is 35.5. The Morgan fingerprint density at radius 3 is 2.60 bits per heavy atom. The SMILES string of the molecule is O=S(=O)(NCCCNC1CC1)c1ccc(Cl)c(F)c1Cl. The minimum absolute atomic E-state index is 0.206. The molecule has 4 nitrogen and oxygen atoms in total. The highest BCUT2D eigenvalue weighted by molar-refractivity contribution is 7.89. The Hall–Kier alpha value is -0.400. The summed E-state index contributed by atoms with van der Waals surface area (Å²) in [5, 5.41) is 2.58. The van der Waals surface area contributed by atoms with Gasteiger partial charge in [-0.3, -0.25) is 0 Å². The summed E-state index contributed by atoms with van der Waals surface area (Å²) in [5.74, 6) is -0.924. The van der Waals surface area contributed by atoms with Crippen LogP contribution in [0.4, 0.5) is 4.39 Å². The summed E-state index contributed by atoms with van der Waals surface area (Å²) in [6.45, 7) is 1.01. The minimum Gasteiger partial charge on any atom is -0.314 e. The fourth-order valence-corrected chi connectivity index (χ4v) is 3.50. The molecular formula is C12H15Cl2FN2O2S. The Morgan fingerprint density at radius 1 is 1.25 bits per heavy atom. The third-order valence-corrected chi connectivity index (χ3v) is 5.22. The van der Waals surface area contributed by atoms with Crippen molar-refractivity contribution in [1.82, 2.24) is 10.0 Å². The molecule has 0 saturated heterocycles. The molecule has 20 heavy (non-hydrogen) atoms. The second-order valence-corrected chi connectivity index (χ2v) is 7.17. The van der Waals surface area contributed by atoms with Crippen LogP contribution in [0.2, 0.25) is 10.0 Å². The molecule has 1 saturated carbocycles. The van der Waals surface area contributed by atoms with Crippen molar-refractivity contribution < 1.29 is 12.8 Å². The Kier molecular flexibility index (Phi) is 5.25. The Morgan fingerprint density at radius 2 is 1.95 bits per heavy atom. The van der Waals surface area contributed by atoms with Crippen molar-refractivity contribution in [2.75, 3.05) is 13.1 Å². The van der Waals surface area contributed by atoms with Crippen molar-refractivity contribution in [1.29, 1.82) is 0 Å². The molecule has 1 aliphatic carbocycles. The molecule has 1 aromatic carbocycles. The normalized spacial score (nSPS) is 15.6. The van der Waals surface area contributed by atoms with E-state index in [-0.39, 0.29) is 16.5 Å². The van der Waals surface area contributed by atoms with Crippen LogP contribution in [0, 0.1) is 5.82 Å². The lowest BCUT2D eigenvalue weighted by Gasteiger charge is -2.09. The minimum atomic E-state index is -3.82. The molecule has 112 valence electrons. The smallest absolute Gasteiger partial charge is 0.242 e. The first-order chi connectivity index (χ1) is 9.42. The number of halogens is 3. The van der Waals surface area contributed by atoms with E-state index in [0.717, 1.165) is 6.54 Å². The predicted molar refractivity (Wildman–Crippen MR) is 77.3 cm³/mol. The Balaban J connectivity index is 1.93. The second-order valence-electron chi connectivity index (χ2n) is 4.65. The first kappa shape index (κ1) is 16.0. The standard InChI is InChI=1S/C12H15Cl2FN2O2S/c13-9-4-5-10(11(14)12(9)15)20(18,19)17-7-1-6-16-8-2-3-8/h4-5,8,16-17H,1-3,6-7H2. The fourth-order valence-electron chi connectivity index (χ4n) is 1.68. The maximum atomic E-state index is 13.5. The lowest BCUT2D eigenvalue weighted by atomic mass is 10.3. The van der Waals surface area contributed by atoms with E-state index in [1.165, 1.54) is 25.0 Å². The van der Waals surface area contributed by atoms with Gasteiger partial charge in [0.05, 0.1) is 10.0 Å². The summed E-state index contributed by atoms with van der Waals surface area (Å²) in [7, 11) is -3.82. The van der Waals surface area contributed by atoms with Crippen LogP contribution in [0.3, 0.4) is 0 Å². The molecule has 0 heterocycles. The van der Waals surface area contributed by atoms with E-state index in [4.69, 9.17) is 23.2 Å². The van der Waals surface area contributed by atoms with Crippen LogP contribution in [-0.4, -0.2) is 27.5 Å². The van der Waals surface area contributed by atoms with Crippen molar-refractivity contribution >= 4 is 33.2 Å². The molecule has 1 aliphatic rings. The summed E-state index contributed by atoms with van der Waals surface area (Å²) >= 11 is 11.2. The van der Waals surface area contributed by atoms with Gasteiger partial charge in [0.25, 0.3) is 0 Å². The number of benzene rings is 1. The fraction of sp³-hybridized carbons (Fsp3) is 0.500. The Bertz CT molecular complexity index is 591. The molecule has 0 amide bonds. The molecule has 0 unspecified atom stereocenters. The quantitative estimate of drug-likeness (QED) is 0.592. The van der Waals surface area contributed by atoms with Crippen molar-refractivity contribution in [3.05, 3.63) is 28.0 Å². The third kappa shape index (κ3) is 4.05. The lowest BCUT2D eigenvalue weighted by molar-refractivity contribution is 0.570. The van der Waals surface area contributed by atoms with E-state index in [0.29, 0.717) is 12.5 Å². The average molecular weight is 341 g/mol. The number of nitrogens with one attached hydrogen (secondary N) is 2. The molecule has 8 heteroatoms. The summed E-state index contributed by atoms with van der Waals surface area (Å²) in [4.78, 5) is -0.295. The van der Waals surface area contributed by atoms with Crippen molar-refractivity contribution in [3.8, 4) is 0 Å². The zero-order valence-electron chi connectivity index (χ0n) is 10.6. The van der Waals surface area contributed by atoms with Gasteiger partial charge in [-0.05, 0) is 37.9 Å². The molecule has 1 fully saturated rings. The third-order valence-electron chi connectivity index (χ3n) is 2.95. The number of hydrogen-bond donors (Lipinski definition) is 2. The van der Waals surface area contributed by atoms with Gasteiger partial charge in [0.15, 0.2) is 5.82 Å². The Labute approximate surface area is 127 Å². The van der Waals surface area contributed by atoms with Crippen LogP contribution >= 0.6 is 23.2 Å². The molecule has 2 rings (SSSR count). The lowest BCUT2D eigenvalue weighted by Crippen LogP contribution is -2.28. The number of sulfonamides is 1. The number of hydrogen-bond acceptors (Lipinski definition) is 3. The summed E-state index contributed by atoms with van der Waals surface area (Å²) in [5.41, 5.74) is 0. The van der Waals surface area contributed by atoms with Crippen LogP contribution < -0.4 is 10.0 Å². The monoisotopic (exact) mass is 340 g/mol. The highest BCUT2D eigenvalue weighted by Crippen LogP contribution is 2.29. The van der Waals surface area contributed by atoms with Crippen LogP contribution in [-0.2, 0) is 10.0 Å². The molecular weight excluding hydrogens is 326 g/mol.